The molecule has 0 aliphatic rings. The molecule has 0 unspecified atom stereocenters. The van der Waals surface area contributed by atoms with Crippen LogP contribution in [0.3, 0.4) is 0 Å². The Kier molecular flexibility index (Phi) is 3.28. The molecule has 0 radical (unpaired) electrons. The maximum Gasteiger partial charge on any atom is 0.337 e. The Balaban J connectivity index is 2.61. The highest BCUT2D eigenvalue weighted by Crippen LogP contribution is 2.27. The van der Waals surface area contributed by atoms with Gasteiger partial charge < -0.3 is 9.84 Å². The van der Waals surface area contributed by atoms with Crippen molar-refractivity contribution in [1.82, 2.24) is 4.98 Å². The van der Waals surface area contributed by atoms with Crippen LogP contribution in [0.15, 0.2) is 36.5 Å². The quantitative estimate of drug-likeness (QED) is 0.900. The molecule has 1 aromatic heterocycles. The second-order valence-electron chi connectivity index (χ2n) is 3.91. The monoisotopic (exact) mass is 243 g/mol. The molecule has 1 N–H and O–H groups in total. The first-order valence-electron chi connectivity index (χ1n) is 5.46. The minimum Gasteiger partial charge on any atom is -0.497 e. The fourth-order valence-corrected chi connectivity index (χ4v) is 1.76. The van der Waals surface area contributed by atoms with E-state index < -0.39 is 5.97 Å². The van der Waals surface area contributed by atoms with Gasteiger partial charge in [0.05, 0.1) is 12.7 Å². The Hall–Kier alpha value is -2.36. The zero-order valence-electron chi connectivity index (χ0n) is 10.2. The minimum absolute atomic E-state index is 0.189. The van der Waals surface area contributed by atoms with Gasteiger partial charge in [-0.15, -0.1) is 0 Å². The van der Waals surface area contributed by atoms with Gasteiger partial charge in [0.25, 0.3) is 0 Å². The fourth-order valence-electron chi connectivity index (χ4n) is 1.76. The van der Waals surface area contributed by atoms with Gasteiger partial charge in [0, 0.05) is 11.9 Å². The van der Waals surface area contributed by atoms with Crippen molar-refractivity contribution in [1.29, 1.82) is 0 Å². The predicted octanol–water partition coefficient (Wildman–Crippen LogP) is 2.76. The minimum atomic E-state index is -0.986. The highest BCUT2D eigenvalue weighted by Gasteiger charge is 2.13. The van der Waals surface area contributed by atoms with Gasteiger partial charge >= 0.3 is 5.97 Å². The molecular formula is C14H13NO3. The van der Waals surface area contributed by atoms with Crippen LogP contribution in [0.5, 0.6) is 5.75 Å². The van der Waals surface area contributed by atoms with Gasteiger partial charge in [-0.05, 0) is 36.2 Å². The van der Waals surface area contributed by atoms with Gasteiger partial charge in [0.15, 0.2) is 0 Å². The third-order valence-corrected chi connectivity index (χ3v) is 2.65. The molecule has 2 rings (SSSR count). The van der Waals surface area contributed by atoms with Crippen molar-refractivity contribution in [2.24, 2.45) is 0 Å². The average Bonchev–Trinajstić information content (AvgIpc) is 2.38. The molecule has 0 saturated carbocycles. The van der Waals surface area contributed by atoms with E-state index in [9.17, 15) is 9.90 Å². The van der Waals surface area contributed by atoms with Crippen LogP contribution in [-0.2, 0) is 0 Å². The molecule has 92 valence electrons. The maximum absolute atomic E-state index is 11.2. The van der Waals surface area contributed by atoms with E-state index in [0.717, 1.165) is 11.3 Å². The third-order valence-electron chi connectivity index (χ3n) is 2.65. The first-order chi connectivity index (χ1) is 8.61. The summed E-state index contributed by atoms with van der Waals surface area (Å²) in [7, 11) is 1.58. The standard InChI is InChI=1S/C14H13NO3/c1-9-6-12(13(8-15-9)14(16)17)10-4-3-5-11(7-10)18-2/h3-8H,1-2H3,(H,16,17). The molecule has 0 atom stereocenters. The summed E-state index contributed by atoms with van der Waals surface area (Å²) in [4.78, 5) is 15.2. The average molecular weight is 243 g/mol. The molecular weight excluding hydrogens is 230 g/mol. The Morgan fingerprint density at radius 3 is 2.78 bits per heavy atom. The number of methoxy groups -OCH3 is 1. The lowest BCUT2D eigenvalue weighted by atomic mass is 10.0. The van der Waals surface area contributed by atoms with Crippen LogP contribution < -0.4 is 4.74 Å². The van der Waals surface area contributed by atoms with Crippen LogP contribution in [-0.4, -0.2) is 23.2 Å². The number of carboxylic acids is 1. The van der Waals surface area contributed by atoms with Crippen molar-refractivity contribution in [2.45, 2.75) is 6.92 Å². The van der Waals surface area contributed by atoms with E-state index in [1.807, 2.05) is 25.1 Å². The molecule has 0 aliphatic heterocycles. The van der Waals surface area contributed by atoms with Crippen molar-refractivity contribution in [3.63, 3.8) is 0 Å². The zero-order valence-corrected chi connectivity index (χ0v) is 10.2. The molecule has 1 aromatic carbocycles. The lowest BCUT2D eigenvalue weighted by Crippen LogP contribution is -2.01. The van der Waals surface area contributed by atoms with Crippen LogP contribution in [0.1, 0.15) is 16.1 Å². The van der Waals surface area contributed by atoms with Crippen molar-refractivity contribution in [2.75, 3.05) is 7.11 Å². The second kappa shape index (κ2) is 4.87. The number of hydrogen-bond acceptors (Lipinski definition) is 3. The fraction of sp³-hybridized carbons (Fsp3) is 0.143. The molecule has 0 spiro atoms. The molecule has 1 heterocycles. The van der Waals surface area contributed by atoms with Crippen LogP contribution in [0.25, 0.3) is 11.1 Å². The summed E-state index contributed by atoms with van der Waals surface area (Å²) in [6.45, 7) is 1.83. The molecule has 0 aliphatic carbocycles. The zero-order chi connectivity index (χ0) is 13.1. The number of rotatable bonds is 3. The first kappa shape index (κ1) is 12.1. The van der Waals surface area contributed by atoms with Crippen LogP contribution in [0.2, 0.25) is 0 Å². The molecule has 4 heteroatoms. The number of ether oxygens (including phenoxy) is 1. The smallest absolute Gasteiger partial charge is 0.337 e. The highest BCUT2D eigenvalue weighted by molar-refractivity contribution is 5.95. The SMILES string of the molecule is COc1cccc(-c2cc(C)ncc2C(=O)O)c1. The molecule has 0 fully saturated rings. The lowest BCUT2D eigenvalue weighted by molar-refractivity contribution is 0.0697. The predicted molar refractivity (Wildman–Crippen MR) is 67.9 cm³/mol. The summed E-state index contributed by atoms with van der Waals surface area (Å²) in [6.07, 6.45) is 1.38. The van der Waals surface area contributed by atoms with E-state index in [2.05, 4.69) is 4.98 Å². The lowest BCUT2D eigenvalue weighted by Gasteiger charge is -2.08. The van der Waals surface area contributed by atoms with Gasteiger partial charge in [-0.1, -0.05) is 12.1 Å². The molecule has 0 bridgehead atoms. The van der Waals surface area contributed by atoms with Crippen LogP contribution in [0.4, 0.5) is 0 Å². The van der Waals surface area contributed by atoms with Gasteiger partial charge in [0.2, 0.25) is 0 Å². The van der Waals surface area contributed by atoms with Crippen LogP contribution in [0, 0.1) is 6.92 Å². The second-order valence-corrected chi connectivity index (χ2v) is 3.91. The third kappa shape index (κ3) is 2.32. The molecule has 0 amide bonds. The summed E-state index contributed by atoms with van der Waals surface area (Å²) in [5, 5.41) is 9.17. The number of aromatic carboxylic acids is 1. The topological polar surface area (TPSA) is 59.4 Å². The van der Waals surface area contributed by atoms with Crippen molar-refractivity contribution in [3.8, 4) is 16.9 Å². The van der Waals surface area contributed by atoms with E-state index in [-0.39, 0.29) is 5.56 Å². The molecule has 0 saturated heterocycles. The Labute approximate surface area is 105 Å². The van der Waals surface area contributed by atoms with Gasteiger partial charge in [-0.3, -0.25) is 4.98 Å². The van der Waals surface area contributed by atoms with E-state index in [4.69, 9.17) is 4.74 Å². The first-order valence-corrected chi connectivity index (χ1v) is 5.46. The van der Waals surface area contributed by atoms with E-state index in [1.165, 1.54) is 6.20 Å². The molecule has 4 nitrogen and oxygen atoms in total. The van der Waals surface area contributed by atoms with E-state index in [0.29, 0.717) is 11.3 Å². The normalized spacial score (nSPS) is 10.1. The number of benzene rings is 1. The Bertz CT molecular complexity index is 593. The number of hydrogen-bond donors (Lipinski definition) is 1. The summed E-state index contributed by atoms with van der Waals surface area (Å²) in [6, 6.07) is 9.07. The summed E-state index contributed by atoms with van der Waals surface area (Å²) in [5.74, 6) is -0.293. The summed E-state index contributed by atoms with van der Waals surface area (Å²) in [5.41, 5.74) is 2.41. The van der Waals surface area contributed by atoms with Gasteiger partial charge in [0.1, 0.15) is 5.75 Å². The van der Waals surface area contributed by atoms with Gasteiger partial charge in [-0.2, -0.15) is 0 Å². The number of pyridine rings is 1. The maximum atomic E-state index is 11.2. The van der Waals surface area contributed by atoms with E-state index >= 15 is 0 Å². The number of carbonyl (C=O) groups is 1. The largest absolute Gasteiger partial charge is 0.497 e. The number of aromatic nitrogens is 1. The summed E-state index contributed by atoms with van der Waals surface area (Å²) < 4.78 is 5.14. The number of aryl methyl sites for hydroxylation is 1. The van der Waals surface area contributed by atoms with Crippen molar-refractivity contribution in [3.05, 3.63) is 47.8 Å². The Morgan fingerprint density at radius 1 is 1.33 bits per heavy atom. The molecule has 18 heavy (non-hydrogen) atoms. The molecule has 2 aromatic rings. The number of nitrogens with zero attached hydrogens (tertiary/aromatic N) is 1. The van der Waals surface area contributed by atoms with Crippen molar-refractivity contribution < 1.29 is 14.6 Å². The summed E-state index contributed by atoms with van der Waals surface area (Å²) >= 11 is 0. The van der Waals surface area contributed by atoms with E-state index in [1.54, 1.807) is 19.2 Å². The van der Waals surface area contributed by atoms with Crippen molar-refractivity contribution >= 4 is 5.97 Å². The van der Waals surface area contributed by atoms with Crippen LogP contribution >= 0.6 is 0 Å². The Morgan fingerprint density at radius 2 is 2.11 bits per heavy atom. The van der Waals surface area contributed by atoms with Gasteiger partial charge in [-0.25, -0.2) is 4.79 Å². The highest BCUT2D eigenvalue weighted by atomic mass is 16.5. The number of carboxylic acid groups (broad SMARTS) is 1.